The Morgan fingerprint density at radius 3 is 2.70 bits per heavy atom. The summed E-state index contributed by atoms with van der Waals surface area (Å²) in [6.07, 6.45) is 1.57. The maximum absolute atomic E-state index is 12.1. The number of esters is 1. The molecule has 4 rings (SSSR count). The zero-order valence-corrected chi connectivity index (χ0v) is 13.9. The molecule has 2 aromatic carbocycles. The second kappa shape index (κ2) is 6.83. The van der Waals surface area contributed by atoms with E-state index in [9.17, 15) is 9.59 Å². The number of cyclic esters (lactones) is 1. The molecule has 0 saturated carbocycles. The van der Waals surface area contributed by atoms with E-state index in [-0.39, 0.29) is 18.4 Å². The van der Waals surface area contributed by atoms with Crippen LogP contribution >= 0.6 is 0 Å². The molecule has 0 radical (unpaired) electrons. The molecule has 0 saturated heterocycles. The lowest BCUT2D eigenvalue weighted by molar-refractivity contribution is -0.139. The quantitative estimate of drug-likeness (QED) is 0.638. The molecule has 0 aromatic heterocycles. The predicted molar refractivity (Wildman–Crippen MR) is 92.7 cm³/mol. The predicted octanol–water partition coefficient (Wildman–Crippen LogP) is 2.22. The van der Waals surface area contributed by atoms with E-state index in [1.54, 1.807) is 48.5 Å². The van der Waals surface area contributed by atoms with Crippen LogP contribution in [-0.2, 0) is 14.3 Å². The summed E-state index contributed by atoms with van der Waals surface area (Å²) < 4.78 is 20.9. The third-order valence-electron chi connectivity index (χ3n) is 3.79. The van der Waals surface area contributed by atoms with Crippen molar-refractivity contribution in [3.05, 3.63) is 59.3 Å². The third-order valence-corrected chi connectivity index (χ3v) is 3.79. The third kappa shape index (κ3) is 3.59. The number of aliphatic carboxylic acids is 1. The van der Waals surface area contributed by atoms with Crippen molar-refractivity contribution in [3.63, 3.8) is 0 Å². The van der Waals surface area contributed by atoms with E-state index in [2.05, 4.69) is 4.99 Å². The van der Waals surface area contributed by atoms with Crippen molar-refractivity contribution in [2.24, 2.45) is 4.99 Å². The highest BCUT2D eigenvalue weighted by atomic mass is 16.7. The smallest absolute Gasteiger partial charge is 0.363 e. The Morgan fingerprint density at radius 1 is 1.15 bits per heavy atom. The lowest BCUT2D eigenvalue weighted by Crippen LogP contribution is -2.09. The average molecular weight is 367 g/mol. The van der Waals surface area contributed by atoms with Crippen molar-refractivity contribution in [3.8, 4) is 17.2 Å². The molecular formula is C19H13NO7. The number of aliphatic imine (C=N–C) groups is 1. The molecule has 2 aromatic rings. The maximum atomic E-state index is 12.1. The van der Waals surface area contributed by atoms with Crippen LogP contribution in [0.5, 0.6) is 17.2 Å². The molecule has 0 spiro atoms. The summed E-state index contributed by atoms with van der Waals surface area (Å²) in [5.41, 5.74) is 1.45. The van der Waals surface area contributed by atoms with Gasteiger partial charge in [-0.2, -0.15) is 0 Å². The number of fused-ring (bicyclic) bond motifs is 1. The van der Waals surface area contributed by atoms with Gasteiger partial charge in [0.1, 0.15) is 5.75 Å². The monoisotopic (exact) mass is 367 g/mol. The molecule has 8 heteroatoms. The summed E-state index contributed by atoms with van der Waals surface area (Å²) in [7, 11) is 0. The molecule has 0 unspecified atom stereocenters. The first-order valence-corrected chi connectivity index (χ1v) is 7.96. The van der Waals surface area contributed by atoms with Crippen LogP contribution < -0.4 is 14.2 Å². The van der Waals surface area contributed by atoms with Crippen molar-refractivity contribution in [2.75, 3.05) is 13.4 Å². The number of carboxylic acids is 1. The summed E-state index contributed by atoms with van der Waals surface area (Å²) >= 11 is 0. The van der Waals surface area contributed by atoms with Crippen molar-refractivity contribution in [1.29, 1.82) is 0 Å². The maximum Gasteiger partial charge on any atom is 0.363 e. The number of carbonyl (C=O) groups excluding carboxylic acids is 1. The Kier molecular flexibility index (Phi) is 4.21. The van der Waals surface area contributed by atoms with Gasteiger partial charge in [0.25, 0.3) is 0 Å². The molecule has 1 N–H and O–H groups in total. The highest BCUT2D eigenvalue weighted by Gasteiger charge is 2.25. The van der Waals surface area contributed by atoms with Gasteiger partial charge in [-0.1, -0.05) is 12.1 Å². The number of rotatable bonds is 5. The summed E-state index contributed by atoms with van der Waals surface area (Å²) in [4.78, 5) is 26.8. The molecule has 0 bridgehead atoms. The van der Waals surface area contributed by atoms with Gasteiger partial charge in [0.15, 0.2) is 23.8 Å². The van der Waals surface area contributed by atoms with Crippen molar-refractivity contribution in [1.82, 2.24) is 0 Å². The van der Waals surface area contributed by atoms with Gasteiger partial charge in [-0.25, -0.2) is 14.6 Å². The second-order valence-corrected chi connectivity index (χ2v) is 5.66. The van der Waals surface area contributed by atoms with Crippen LogP contribution in [0.1, 0.15) is 11.1 Å². The highest BCUT2D eigenvalue weighted by Crippen LogP contribution is 2.33. The number of carbonyl (C=O) groups is 2. The second-order valence-electron chi connectivity index (χ2n) is 5.66. The Morgan fingerprint density at radius 2 is 1.93 bits per heavy atom. The topological polar surface area (TPSA) is 104 Å². The van der Waals surface area contributed by atoms with E-state index in [0.29, 0.717) is 28.4 Å². The molecule has 8 nitrogen and oxygen atoms in total. The highest BCUT2D eigenvalue weighted by molar-refractivity contribution is 6.13. The van der Waals surface area contributed by atoms with Crippen molar-refractivity contribution < 1.29 is 33.6 Å². The Balaban J connectivity index is 1.53. The van der Waals surface area contributed by atoms with Gasteiger partial charge < -0.3 is 24.1 Å². The largest absolute Gasteiger partial charge is 0.482 e. The number of hydrogen-bond donors (Lipinski definition) is 1. The number of benzene rings is 2. The minimum Gasteiger partial charge on any atom is -0.482 e. The van der Waals surface area contributed by atoms with E-state index >= 15 is 0 Å². The van der Waals surface area contributed by atoms with E-state index in [1.165, 1.54) is 0 Å². The molecule has 136 valence electrons. The summed E-state index contributed by atoms with van der Waals surface area (Å²) in [6.45, 7) is -0.266. The molecule has 0 aliphatic carbocycles. The fraction of sp³-hybridized carbons (Fsp3) is 0.105. The van der Waals surface area contributed by atoms with Gasteiger partial charge in [-0.3, -0.25) is 0 Å². The van der Waals surface area contributed by atoms with Crippen molar-refractivity contribution in [2.45, 2.75) is 0 Å². The van der Waals surface area contributed by atoms with Crippen LogP contribution in [0.3, 0.4) is 0 Å². The summed E-state index contributed by atoms with van der Waals surface area (Å²) in [5, 5.41) is 8.60. The van der Waals surface area contributed by atoms with Gasteiger partial charge in [0, 0.05) is 5.56 Å². The molecule has 2 aliphatic rings. The summed E-state index contributed by atoms with van der Waals surface area (Å²) in [5.74, 6) is 0.184. The van der Waals surface area contributed by atoms with Crippen LogP contribution in [0, 0.1) is 0 Å². The number of nitrogens with zero attached hydrogens (tertiary/aromatic N) is 1. The van der Waals surface area contributed by atoms with Crippen LogP contribution in [0.25, 0.3) is 6.08 Å². The first-order chi connectivity index (χ1) is 13.1. The molecule has 27 heavy (non-hydrogen) atoms. The molecule has 2 aliphatic heterocycles. The average Bonchev–Trinajstić information content (AvgIpc) is 3.27. The lowest BCUT2D eigenvalue weighted by atomic mass is 10.2. The van der Waals surface area contributed by atoms with Crippen LogP contribution in [0.2, 0.25) is 0 Å². The minimum atomic E-state index is -1.06. The molecule has 0 amide bonds. The normalized spacial score (nSPS) is 16.2. The number of ether oxygens (including phenoxy) is 4. The van der Waals surface area contributed by atoms with Gasteiger partial charge in [-0.05, 0) is 42.0 Å². The summed E-state index contributed by atoms with van der Waals surface area (Å²) in [6, 6.07) is 11.8. The van der Waals surface area contributed by atoms with Gasteiger partial charge in [-0.15, -0.1) is 0 Å². The van der Waals surface area contributed by atoms with Crippen LogP contribution in [0.4, 0.5) is 0 Å². The number of hydrogen-bond acceptors (Lipinski definition) is 7. The Hall–Kier alpha value is -3.81. The number of carboxylic acid groups (broad SMARTS) is 1. The first kappa shape index (κ1) is 16.6. The lowest BCUT2D eigenvalue weighted by Gasteiger charge is -2.02. The van der Waals surface area contributed by atoms with Crippen LogP contribution in [0.15, 0.2) is 53.2 Å². The Labute approximate surface area is 153 Å². The van der Waals surface area contributed by atoms with E-state index in [0.717, 1.165) is 0 Å². The van der Waals surface area contributed by atoms with Gasteiger partial charge in [0.05, 0.1) is 0 Å². The zero-order valence-electron chi connectivity index (χ0n) is 13.9. The molecule has 2 heterocycles. The molecular weight excluding hydrogens is 354 g/mol. The molecule has 0 fully saturated rings. The van der Waals surface area contributed by atoms with E-state index in [1.807, 2.05) is 0 Å². The fourth-order valence-corrected chi connectivity index (χ4v) is 2.53. The van der Waals surface area contributed by atoms with Crippen LogP contribution in [-0.4, -0.2) is 36.3 Å². The van der Waals surface area contributed by atoms with Gasteiger partial charge in [0.2, 0.25) is 12.7 Å². The fourth-order valence-electron chi connectivity index (χ4n) is 2.53. The van der Waals surface area contributed by atoms with Gasteiger partial charge >= 0.3 is 11.9 Å². The minimum absolute atomic E-state index is 0.155. The first-order valence-electron chi connectivity index (χ1n) is 7.96. The van der Waals surface area contributed by atoms with E-state index < -0.39 is 18.5 Å². The molecule has 0 atom stereocenters. The zero-order chi connectivity index (χ0) is 18.8. The SMILES string of the molecule is O=C(O)COc1ccc(/C=C2/N=C(c3ccc4c(c3)OCO4)OC2=O)cc1. The van der Waals surface area contributed by atoms with Crippen molar-refractivity contribution >= 4 is 23.9 Å². The Bertz CT molecular complexity index is 976. The standard InChI is InChI=1S/C19H13NO7/c21-17(22)9-24-13-4-1-11(2-5-13)7-14-19(23)27-18(20-14)12-3-6-15-16(8-12)26-10-25-15/h1-8H,9-10H2,(H,21,22)/b14-7+. The van der Waals surface area contributed by atoms with E-state index in [4.69, 9.17) is 24.1 Å².